The molecule has 0 radical (unpaired) electrons. The van der Waals surface area contributed by atoms with Gasteiger partial charge in [0, 0.05) is 0 Å². The Morgan fingerprint density at radius 2 is 1.59 bits per heavy atom. The highest BCUT2D eigenvalue weighted by molar-refractivity contribution is 6.87. The average molecular weight is 242 g/mol. The van der Waals surface area contributed by atoms with Crippen LogP contribution < -0.4 is 0 Å². The van der Waals surface area contributed by atoms with Gasteiger partial charge < -0.3 is 0 Å². The molecule has 0 aromatic heterocycles. The molecule has 0 N–H and O–H groups in total. The number of hydrogen-bond donors (Lipinski definition) is 0. The van der Waals surface area contributed by atoms with Crippen LogP contribution in [0.15, 0.2) is 36.4 Å². The van der Waals surface area contributed by atoms with Gasteiger partial charge in [-0.15, -0.1) is 5.54 Å². The van der Waals surface area contributed by atoms with Crippen molar-refractivity contribution in [1.82, 2.24) is 0 Å². The summed E-state index contributed by atoms with van der Waals surface area (Å²) in [6.45, 7) is 6.86. The monoisotopic (exact) mass is 242 g/mol. The van der Waals surface area contributed by atoms with Crippen molar-refractivity contribution in [3.8, 4) is 11.5 Å². The molecule has 0 aliphatic rings. The second kappa shape index (κ2) is 7.14. The number of allylic oxidation sites excluding steroid dienone is 1. The van der Waals surface area contributed by atoms with Crippen LogP contribution >= 0.6 is 0 Å². The van der Waals surface area contributed by atoms with Crippen LogP contribution in [0.2, 0.25) is 18.1 Å². The van der Waals surface area contributed by atoms with Crippen LogP contribution in [0, 0.1) is 11.5 Å². The average Bonchev–Trinajstić information content (AvgIpc) is 2.41. The first-order valence-electron chi connectivity index (χ1n) is 6.50. The fourth-order valence-corrected chi connectivity index (χ4v) is 4.33. The highest BCUT2D eigenvalue weighted by Gasteiger charge is 2.23. The van der Waals surface area contributed by atoms with Crippen LogP contribution in [-0.4, -0.2) is 8.07 Å². The van der Waals surface area contributed by atoms with Gasteiger partial charge in [-0.25, -0.2) is 0 Å². The highest BCUT2D eigenvalue weighted by Crippen LogP contribution is 2.18. The van der Waals surface area contributed by atoms with Crippen molar-refractivity contribution in [2.45, 2.75) is 38.9 Å². The third-order valence-corrected chi connectivity index (χ3v) is 8.26. The van der Waals surface area contributed by atoms with Crippen molar-refractivity contribution in [2.75, 3.05) is 0 Å². The predicted octanol–water partition coefficient (Wildman–Crippen LogP) is 4.75. The van der Waals surface area contributed by atoms with Crippen LogP contribution in [0.4, 0.5) is 0 Å². The van der Waals surface area contributed by atoms with E-state index >= 15 is 0 Å². The van der Waals surface area contributed by atoms with E-state index < -0.39 is 8.07 Å². The SMILES string of the molecule is CC[Si](C#C/C=C\c1ccccc1)(CC)CC. The topological polar surface area (TPSA) is 0 Å². The van der Waals surface area contributed by atoms with Gasteiger partial charge in [-0.1, -0.05) is 57.0 Å². The summed E-state index contributed by atoms with van der Waals surface area (Å²) in [6, 6.07) is 14.1. The Kier molecular flexibility index (Phi) is 5.80. The van der Waals surface area contributed by atoms with Gasteiger partial charge in [0.15, 0.2) is 0 Å². The lowest BCUT2D eigenvalue weighted by Gasteiger charge is -2.19. The van der Waals surface area contributed by atoms with Crippen molar-refractivity contribution in [1.29, 1.82) is 0 Å². The fourth-order valence-electron chi connectivity index (χ4n) is 1.91. The summed E-state index contributed by atoms with van der Waals surface area (Å²) < 4.78 is 0. The lowest BCUT2D eigenvalue weighted by atomic mass is 10.2. The van der Waals surface area contributed by atoms with Crippen LogP contribution in [-0.2, 0) is 0 Å². The van der Waals surface area contributed by atoms with Gasteiger partial charge in [0.25, 0.3) is 0 Å². The van der Waals surface area contributed by atoms with Crippen molar-refractivity contribution in [3.63, 3.8) is 0 Å². The number of rotatable bonds is 4. The van der Waals surface area contributed by atoms with Gasteiger partial charge >= 0.3 is 0 Å². The summed E-state index contributed by atoms with van der Waals surface area (Å²) in [5.74, 6) is 3.26. The Labute approximate surface area is 107 Å². The fraction of sp³-hybridized carbons (Fsp3) is 0.375. The van der Waals surface area contributed by atoms with Gasteiger partial charge in [-0.2, -0.15) is 0 Å². The van der Waals surface area contributed by atoms with E-state index in [9.17, 15) is 0 Å². The minimum absolute atomic E-state index is 1.22. The number of benzene rings is 1. The second-order valence-electron chi connectivity index (χ2n) is 4.35. The molecule has 17 heavy (non-hydrogen) atoms. The van der Waals surface area contributed by atoms with Crippen molar-refractivity contribution in [2.24, 2.45) is 0 Å². The van der Waals surface area contributed by atoms with Gasteiger partial charge in [0.2, 0.25) is 0 Å². The van der Waals surface area contributed by atoms with Crippen molar-refractivity contribution < 1.29 is 0 Å². The molecule has 1 aromatic rings. The molecule has 0 bridgehead atoms. The standard InChI is InChI=1S/C16H22Si/c1-4-17(5-2,6-3)15-11-10-14-16-12-8-7-9-13-16/h7-10,12-14H,4-6H2,1-3H3/b14-10-. The summed E-state index contributed by atoms with van der Waals surface area (Å²) >= 11 is 0. The van der Waals surface area contributed by atoms with E-state index in [0.29, 0.717) is 0 Å². The quantitative estimate of drug-likeness (QED) is 0.528. The van der Waals surface area contributed by atoms with Gasteiger partial charge in [-0.3, -0.25) is 0 Å². The maximum absolute atomic E-state index is 3.55. The highest BCUT2D eigenvalue weighted by atomic mass is 28.3. The molecule has 0 unspecified atom stereocenters. The van der Waals surface area contributed by atoms with Gasteiger partial charge in [0.1, 0.15) is 8.07 Å². The van der Waals surface area contributed by atoms with E-state index in [2.05, 4.69) is 62.6 Å². The van der Waals surface area contributed by atoms with Gasteiger partial charge in [0.05, 0.1) is 0 Å². The molecule has 0 amide bonds. The van der Waals surface area contributed by atoms with E-state index in [-0.39, 0.29) is 0 Å². The Morgan fingerprint density at radius 3 is 2.12 bits per heavy atom. The first-order valence-corrected chi connectivity index (χ1v) is 9.12. The Hall–Kier alpha value is -1.26. The third-order valence-electron chi connectivity index (χ3n) is 3.53. The molecule has 1 aromatic carbocycles. The molecule has 0 aliphatic heterocycles. The Bertz CT molecular complexity index is 394. The molecule has 1 heteroatoms. The lowest BCUT2D eigenvalue weighted by molar-refractivity contribution is 1.20. The zero-order valence-electron chi connectivity index (χ0n) is 11.2. The lowest BCUT2D eigenvalue weighted by Crippen LogP contribution is -2.29. The molecule has 0 aliphatic carbocycles. The van der Waals surface area contributed by atoms with Crippen LogP contribution in [0.5, 0.6) is 0 Å². The zero-order valence-corrected chi connectivity index (χ0v) is 12.2. The van der Waals surface area contributed by atoms with Crippen LogP contribution in [0.25, 0.3) is 6.08 Å². The van der Waals surface area contributed by atoms with Crippen molar-refractivity contribution >= 4 is 14.1 Å². The van der Waals surface area contributed by atoms with E-state index in [0.717, 1.165) is 0 Å². The Morgan fingerprint density at radius 1 is 1.00 bits per heavy atom. The smallest absolute Gasteiger partial charge is 0.127 e. The largest absolute Gasteiger partial charge is 0.138 e. The molecular formula is C16H22Si. The van der Waals surface area contributed by atoms with Crippen LogP contribution in [0.1, 0.15) is 26.3 Å². The second-order valence-corrected chi connectivity index (χ2v) is 9.29. The number of hydrogen-bond acceptors (Lipinski definition) is 0. The molecule has 0 heterocycles. The summed E-state index contributed by atoms with van der Waals surface area (Å²) in [7, 11) is -1.27. The van der Waals surface area contributed by atoms with Crippen molar-refractivity contribution in [3.05, 3.63) is 42.0 Å². The minimum atomic E-state index is -1.27. The van der Waals surface area contributed by atoms with Gasteiger partial charge in [-0.05, 0) is 35.8 Å². The normalized spacial score (nSPS) is 11.2. The molecule has 0 nitrogen and oxygen atoms in total. The Balaban J connectivity index is 2.70. The summed E-state index contributed by atoms with van der Waals surface area (Å²) in [4.78, 5) is 0. The molecule has 90 valence electrons. The first-order chi connectivity index (χ1) is 8.26. The molecule has 0 spiro atoms. The molecule has 0 atom stereocenters. The van der Waals surface area contributed by atoms with E-state index in [1.165, 1.54) is 23.7 Å². The maximum atomic E-state index is 3.55. The minimum Gasteiger partial charge on any atom is -0.127 e. The molecule has 0 saturated heterocycles. The molecule has 0 fully saturated rings. The zero-order chi connectivity index (χ0) is 12.6. The summed E-state index contributed by atoms with van der Waals surface area (Å²) in [5.41, 5.74) is 4.78. The molecule has 0 saturated carbocycles. The maximum Gasteiger partial charge on any atom is 0.138 e. The predicted molar refractivity (Wildman–Crippen MR) is 80.4 cm³/mol. The molecule has 1 rings (SSSR count). The van der Waals surface area contributed by atoms with E-state index in [4.69, 9.17) is 0 Å². The third kappa shape index (κ3) is 4.24. The first kappa shape index (κ1) is 13.8. The summed E-state index contributed by atoms with van der Waals surface area (Å²) in [5, 5.41) is 0. The summed E-state index contributed by atoms with van der Waals surface area (Å²) in [6.07, 6.45) is 4.09. The molecular weight excluding hydrogens is 220 g/mol. The van der Waals surface area contributed by atoms with E-state index in [1.807, 2.05) is 12.1 Å². The van der Waals surface area contributed by atoms with E-state index in [1.54, 1.807) is 0 Å². The van der Waals surface area contributed by atoms with Crippen LogP contribution in [0.3, 0.4) is 0 Å².